The molecular weight excluding hydrogens is 332 g/mol. The van der Waals surface area contributed by atoms with E-state index >= 15 is 0 Å². The summed E-state index contributed by atoms with van der Waals surface area (Å²) in [5.74, 6) is 0.747. The monoisotopic (exact) mass is 358 g/mol. The second-order valence-electron chi connectivity index (χ2n) is 6.70. The van der Waals surface area contributed by atoms with Crippen LogP contribution in [0.3, 0.4) is 0 Å². The van der Waals surface area contributed by atoms with Crippen LogP contribution < -0.4 is 5.73 Å². The molecule has 1 aliphatic rings. The highest BCUT2D eigenvalue weighted by atomic mass is 35.5. The van der Waals surface area contributed by atoms with Gasteiger partial charge in [0.05, 0.1) is 0 Å². The molecule has 0 saturated carbocycles. The summed E-state index contributed by atoms with van der Waals surface area (Å²) in [6.07, 6.45) is 1.53. The molecule has 1 amide bonds. The number of likely N-dealkylation sites (tertiary alicyclic amines) is 1. The van der Waals surface area contributed by atoms with Crippen molar-refractivity contribution in [1.82, 2.24) is 4.90 Å². The average Bonchev–Trinajstić information content (AvgIpc) is 3.03. The summed E-state index contributed by atoms with van der Waals surface area (Å²) in [4.78, 5) is 14.7. The van der Waals surface area contributed by atoms with Crippen molar-refractivity contribution in [2.45, 2.75) is 37.6 Å². The summed E-state index contributed by atoms with van der Waals surface area (Å²) in [5.41, 5.74) is 8.80. The predicted octanol–water partition coefficient (Wildman–Crippen LogP) is 3.95. The Kier molecular flexibility index (Phi) is 7.03. The second kappa shape index (κ2) is 9.02. The smallest absolute Gasteiger partial charge is 0.223 e. The number of nitrogens with two attached hydrogens (primary N) is 1. The third-order valence-corrected chi connectivity index (χ3v) is 5.13. The number of rotatable bonds is 5. The lowest BCUT2D eigenvalue weighted by Gasteiger charge is -2.21. The topological polar surface area (TPSA) is 46.3 Å². The van der Waals surface area contributed by atoms with E-state index in [-0.39, 0.29) is 36.2 Å². The lowest BCUT2D eigenvalue weighted by atomic mass is 9.93. The third kappa shape index (κ3) is 4.62. The Balaban J connectivity index is 0.00000225. The fourth-order valence-corrected chi connectivity index (χ4v) is 3.65. The van der Waals surface area contributed by atoms with Crippen LogP contribution in [0.5, 0.6) is 0 Å². The molecule has 0 aliphatic carbocycles. The van der Waals surface area contributed by atoms with E-state index in [2.05, 4.69) is 31.2 Å². The minimum absolute atomic E-state index is 0. The van der Waals surface area contributed by atoms with Crippen molar-refractivity contribution in [2.75, 3.05) is 13.1 Å². The molecule has 4 heteroatoms. The van der Waals surface area contributed by atoms with E-state index in [1.54, 1.807) is 0 Å². The first-order valence-corrected chi connectivity index (χ1v) is 8.82. The van der Waals surface area contributed by atoms with Crippen molar-refractivity contribution in [3.05, 3.63) is 71.8 Å². The highest BCUT2D eigenvalue weighted by Crippen LogP contribution is 2.29. The normalized spacial score (nSPS) is 20.8. The lowest BCUT2D eigenvalue weighted by Crippen LogP contribution is -2.32. The molecule has 25 heavy (non-hydrogen) atoms. The van der Waals surface area contributed by atoms with E-state index in [0.717, 1.165) is 13.0 Å². The Morgan fingerprint density at radius 3 is 2.28 bits per heavy atom. The zero-order valence-corrected chi connectivity index (χ0v) is 15.5. The van der Waals surface area contributed by atoms with E-state index in [9.17, 15) is 4.79 Å². The molecule has 0 aromatic heterocycles. The van der Waals surface area contributed by atoms with E-state index in [1.165, 1.54) is 11.1 Å². The molecule has 3 atom stereocenters. The van der Waals surface area contributed by atoms with Gasteiger partial charge in [-0.3, -0.25) is 4.79 Å². The third-order valence-electron chi connectivity index (χ3n) is 5.13. The van der Waals surface area contributed by atoms with Crippen molar-refractivity contribution in [3.63, 3.8) is 0 Å². The second-order valence-corrected chi connectivity index (χ2v) is 6.70. The summed E-state index contributed by atoms with van der Waals surface area (Å²) in [6, 6.07) is 20.7. The van der Waals surface area contributed by atoms with Crippen LogP contribution >= 0.6 is 12.4 Å². The van der Waals surface area contributed by atoms with Crippen LogP contribution in [0, 0.1) is 0 Å². The Morgan fingerprint density at radius 1 is 1.08 bits per heavy atom. The highest BCUT2D eigenvalue weighted by molar-refractivity contribution is 5.85. The molecule has 0 spiro atoms. The maximum Gasteiger partial charge on any atom is 0.223 e. The van der Waals surface area contributed by atoms with E-state index in [1.807, 2.05) is 41.3 Å². The first kappa shape index (κ1) is 19.5. The number of amides is 1. The van der Waals surface area contributed by atoms with Gasteiger partial charge in [0, 0.05) is 31.5 Å². The number of benzene rings is 2. The maximum absolute atomic E-state index is 12.8. The van der Waals surface area contributed by atoms with Crippen LogP contribution in [0.4, 0.5) is 0 Å². The maximum atomic E-state index is 12.8. The average molecular weight is 359 g/mol. The predicted molar refractivity (Wildman–Crippen MR) is 105 cm³/mol. The van der Waals surface area contributed by atoms with Gasteiger partial charge in [-0.25, -0.2) is 0 Å². The van der Waals surface area contributed by atoms with Crippen LogP contribution in [0.2, 0.25) is 0 Å². The Bertz CT molecular complexity index is 662. The molecule has 1 fully saturated rings. The minimum atomic E-state index is 0. The van der Waals surface area contributed by atoms with Gasteiger partial charge < -0.3 is 10.6 Å². The molecule has 2 aromatic rings. The lowest BCUT2D eigenvalue weighted by molar-refractivity contribution is -0.130. The van der Waals surface area contributed by atoms with Gasteiger partial charge in [0.25, 0.3) is 0 Å². The minimum Gasteiger partial charge on any atom is -0.340 e. The molecule has 2 N–H and O–H groups in total. The van der Waals surface area contributed by atoms with Crippen molar-refractivity contribution < 1.29 is 4.79 Å². The van der Waals surface area contributed by atoms with Gasteiger partial charge in [0.15, 0.2) is 0 Å². The SMILES string of the molecule is CCC(CC(=O)N1C[C@@H](N)[C@H](c2ccccc2)C1)c1ccccc1.Cl. The molecule has 1 aliphatic heterocycles. The number of hydrogen-bond acceptors (Lipinski definition) is 2. The van der Waals surface area contributed by atoms with Gasteiger partial charge in [-0.1, -0.05) is 67.6 Å². The molecule has 3 nitrogen and oxygen atoms in total. The molecule has 0 radical (unpaired) electrons. The van der Waals surface area contributed by atoms with Gasteiger partial charge in [0.1, 0.15) is 0 Å². The van der Waals surface area contributed by atoms with Crippen molar-refractivity contribution in [1.29, 1.82) is 0 Å². The highest BCUT2D eigenvalue weighted by Gasteiger charge is 2.34. The number of hydrogen-bond donors (Lipinski definition) is 1. The molecule has 134 valence electrons. The van der Waals surface area contributed by atoms with Gasteiger partial charge in [0.2, 0.25) is 5.91 Å². The molecule has 3 rings (SSSR count). The first-order valence-electron chi connectivity index (χ1n) is 8.82. The van der Waals surface area contributed by atoms with Crippen molar-refractivity contribution in [2.24, 2.45) is 5.73 Å². The standard InChI is InChI=1S/C21H26N2O.ClH/c1-2-16(17-9-5-3-6-10-17)13-21(24)23-14-19(20(22)15-23)18-11-7-4-8-12-18;/h3-12,16,19-20H,2,13-15,22H2,1H3;1H/t16?,19-,20+;/m0./s1. The summed E-state index contributed by atoms with van der Waals surface area (Å²) < 4.78 is 0. The largest absolute Gasteiger partial charge is 0.340 e. The zero-order valence-electron chi connectivity index (χ0n) is 14.7. The van der Waals surface area contributed by atoms with E-state index in [4.69, 9.17) is 5.73 Å². The molecule has 0 bridgehead atoms. The summed E-state index contributed by atoms with van der Waals surface area (Å²) in [7, 11) is 0. The van der Waals surface area contributed by atoms with Gasteiger partial charge in [-0.2, -0.15) is 0 Å². The fourth-order valence-electron chi connectivity index (χ4n) is 3.65. The Morgan fingerprint density at radius 2 is 1.68 bits per heavy atom. The summed E-state index contributed by atoms with van der Waals surface area (Å²) >= 11 is 0. The number of nitrogens with zero attached hydrogens (tertiary/aromatic N) is 1. The van der Waals surface area contributed by atoms with Gasteiger partial charge >= 0.3 is 0 Å². The molecular formula is C21H27ClN2O. The van der Waals surface area contributed by atoms with Crippen LogP contribution in [-0.4, -0.2) is 29.9 Å². The molecule has 1 heterocycles. The van der Waals surface area contributed by atoms with Gasteiger partial charge in [-0.05, 0) is 23.5 Å². The Hall–Kier alpha value is -1.84. The van der Waals surface area contributed by atoms with Crippen LogP contribution in [0.25, 0.3) is 0 Å². The quantitative estimate of drug-likeness (QED) is 0.879. The Labute approximate surface area is 156 Å². The van der Waals surface area contributed by atoms with Gasteiger partial charge in [-0.15, -0.1) is 12.4 Å². The first-order chi connectivity index (χ1) is 11.7. The molecule has 1 unspecified atom stereocenters. The summed E-state index contributed by atoms with van der Waals surface area (Å²) in [6.45, 7) is 3.53. The van der Waals surface area contributed by atoms with E-state index < -0.39 is 0 Å². The molecule has 1 saturated heterocycles. The van der Waals surface area contributed by atoms with Crippen LogP contribution in [0.15, 0.2) is 60.7 Å². The van der Waals surface area contributed by atoms with Crippen molar-refractivity contribution in [3.8, 4) is 0 Å². The number of halogens is 1. The zero-order chi connectivity index (χ0) is 16.9. The van der Waals surface area contributed by atoms with Crippen molar-refractivity contribution >= 4 is 18.3 Å². The van der Waals surface area contributed by atoms with Crippen LogP contribution in [-0.2, 0) is 4.79 Å². The van der Waals surface area contributed by atoms with E-state index in [0.29, 0.717) is 13.0 Å². The number of carbonyl (C=O) groups excluding carboxylic acids is 1. The van der Waals surface area contributed by atoms with Crippen LogP contribution in [0.1, 0.15) is 42.7 Å². The molecule has 2 aromatic carbocycles. The fraction of sp³-hybridized carbons (Fsp3) is 0.381. The summed E-state index contributed by atoms with van der Waals surface area (Å²) in [5, 5.41) is 0. The number of carbonyl (C=O) groups is 1.